The Balaban J connectivity index is 1.62. The van der Waals surface area contributed by atoms with Gasteiger partial charge in [0.25, 0.3) is 0 Å². The number of anilines is 1. The quantitative estimate of drug-likeness (QED) is 0.436. The summed E-state index contributed by atoms with van der Waals surface area (Å²) in [6.07, 6.45) is 3.53. The minimum absolute atomic E-state index is 0.225. The molecule has 0 saturated carbocycles. The van der Waals surface area contributed by atoms with Crippen molar-refractivity contribution in [1.82, 2.24) is 14.6 Å². The van der Waals surface area contributed by atoms with Crippen molar-refractivity contribution in [2.75, 3.05) is 11.4 Å². The van der Waals surface area contributed by atoms with E-state index in [4.69, 9.17) is 4.98 Å². The lowest BCUT2D eigenvalue weighted by Gasteiger charge is -2.26. The van der Waals surface area contributed by atoms with Gasteiger partial charge in [0.2, 0.25) is 0 Å². The molecule has 4 aromatic rings. The molecule has 2 aromatic carbocycles. The van der Waals surface area contributed by atoms with Crippen molar-refractivity contribution in [3.8, 4) is 0 Å². The van der Waals surface area contributed by atoms with Crippen LogP contribution in [-0.4, -0.2) is 21.1 Å². The lowest BCUT2D eigenvalue weighted by molar-refractivity contribution is 0.560. The highest BCUT2D eigenvalue weighted by molar-refractivity contribution is 9.10. The lowest BCUT2D eigenvalue weighted by Crippen LogP contribution is -2.24. The van der Waals surface area contributed by atoms with Gasteiger partial charge in [0.15, 0.2) is 5.65 Å². The lowest BCUT2D eigenvalue weighted by atomic mass is 10.0. The molecule has 4 nitrogen and oxygen atoms in total. The van der Waals surface area contributed by atoms with Gasteiger partial charge in [0.1, 0.15) is 17.5 Å². The van der Waals surface area contributed by atoms with Gasteiger partial charge in [-0.25, -0.2) is 18.3 Å². The molecular weight excluding hydrogens is 414 g/mol. The number of aromatic nitrogens is 3. The van der Waals surface area contributed by atoms with E-state index in [2.05, 4.69) is 25.9 Å². The molecule has 1 aliphatic heterocycles. The van der Waals surface area contributed by atoms with Gasteiger partial charge in [0.05, 0.1) is 11.6 Å². The van der Waals surface area contributed by atoms with Gasteiger partial charge in [-0.05, 0) is 55.3 Å². The predicted octanol–water partition coefficient (Wildman–Crippen LogP) is 5.26. The number of benzene rings is 2. The molecule has 0 aliphatic carbocycles. The fraction of sp³-hybridized carbons (Fsp3) is 0.200. The zero-order valence-corrected chi connectivity index (χ0v) is 15.8. The fourth-order valence-corrected chi connectivity index (χ4v) is 4.22. The largest absolute Gasteiger partial charge is 0.349 e. The number of nitrogens with zero attached hydrogens (tertiary/aromatic N) is 4. The Hall–Kier alpha value is -2.54. The average molecular weight is 429 g/mol. The highest BCUT2D eigenvalue weighted by Crippen LogP contribution is 2.37. The van der Waals surface area contributed by atoms with Crippen molar-refractivity contribution in [3.63, 3.8) is 0 Å². The number of hydrogen-bond acceptors (Lipinski definition) is 3. The van der Waals surface area contributed by atoms with Gasteiger partial charge in [-0.15, -0.1) is 0 Å². The first-order valence-corrected chi connectivity index (χ1v) is 9.56. The summed E-state index contributed by atoms with van der Waals surface area (Å²) in [5, 5.41) is 5.48. The summed E-state index contributed by atoms with van der Waals surface area (Å²) >= 11 is 3.49. The van der Waals surface area contributed by atoms with Gasteiger partial charge in [0, 0.05) is 28.2 Å². The molecule has 136 valence electrons. The van der Waals surface area contributed by atoms with E-state index in [1.165, 1.54) is 12.1 Å². The third-order valence-corrected chi connectivity index (χ3v) is 5.57. The summed E-state index contributed by atoms with van der Waals surface area (Å²) < 4.78 is 30.7. The zero-order chi connectivity index (χ0) is 18.5. The van der Waals surface area contributed by atoms with Crippen LogP contribution in [0.3, 0.4) is 0 Å². The second kappa shape index (κ2) is 6.27. The van der Waals surface area contributed by atoms with E-state index in [0.717, 1.165) is 52.3 Å². The van der Waals surface area contributed by atoms with Crippen molar-refractivity contribution in [1.29, 1.82) is 0 Å². The molecule has 0 unspecified atom stereocenters. The Labute approximate surface area is 162 Å². The van der Waals surface area contributed by atoms with E-state index in [-0.39, 0.29) is 11.9 Å². The highest BCUT2D eigenvalue weighted by Gasteiger charge is 2.30. The number of halogens is 3. The molecule has 5 rings (SSSR count). The van der Waals surface area contributed by atoms with E-state index in [0.29, 0.717) is 5.56 Å². The monoisotopic (exact) mass is 428 g/mol. The summed E-state index contributed by atoms with van der Waals surface area (Å²) in [6.45, 7) is 0.750. The normalized spacial score (nSPS) is 17.3. The molecule has 1 aliphatic rings. The average Bonchev–Trinajstić information content (AvgIpc) is 3.28. The zero-order valence-electron chi connectivity index (χ0n) is 14.2. The molecule has 1 fully saturated rings. The molecule has 7 heteroatoms. The maximum absolute atomic E-state index is 14.3. The SMILES string of the molecule is Fc1ccc(F)c([C@H]2CCCN2c2ccn3nc4ccc(Br)cc4c3n2)c1. The molecule has 27 heavy (non-hydrogen) atoms. The van der Waals surface area contributed by atoms with Gasteiger partial charge in [-0.1, -0.05) is 15.9 Å². The van der Waals surface area contributed by atoms with Gasteiger partial charge in [-0.3, -0.25) is 0 Å². The Morgan fingerprint density at radius 3 is 2.85 bits per heavy atom. The molecule has 0 N–H and O–H groups in total. The first-order valence-electron chi connectivity index (χ1n) is 8.76. The Morgan fingerprint density at radius 2 is 1.96 bits per heavy atom. The summed E-state index contributed by atoms with van der Waals surface area (Å²) in [4.78, 5) is 6.85. The third-order valence-electron chi connectivity index (χ3n) is 5.08. The Morgan fingerprint density at radius 1 is 1.07 bits per heavy atom. The minimum atomic E-state index is -0.423. The van der Waals surface area contributed by atoms with Crippen LogP contribution in [0.4, 0.5) is 14.6 Å². The number of rotatable bonds is 2. The molecule has 0 amide bonds. The van der Waals surface area contributed by atoms with Gasteiger partial charge >= 0.3 is 0 Å². The summed E-state index contributed by atoms with van der Waals surface area (Å²) in [6, 6.07) is 11.2. The number of fused-ring (bicyclic) bond motifs is 3. The van der Waals surface area contributed by atoms with Crippen LogP contribution in [0.2, 0.25) is 0 Å². The standard InChI is InChI=1S/C20H15BrF2N4/c21-12-3-6-17-15(10-12)20-24-19(7-9-27(20)25-17)26-8-1-2-18(26)14-11-13(22)4-5-16(14)23/h3-7,9-11,18H,1-2,8H2/t18-/m1/s1. The topological polar surface area (TPSA) is 33.4 Å². The molecule has 1 saturated heterocycles. The molecule has 3 heterocycles. The van der Waals surface area contributed by atoms with Crippen LogP contribution >= 0.6 is 15.9 Å². The van der Waals surface area contributed by atoms with Crippen LogP contribution in [0.15, 0.2) is 53.1 Å². The Kier molecular flexibility index (Phi) is 3.86. The van der Waals surface area contributed by atoms with Crippen molar-refractivity contribution in [2.24, 2.45) is 0 Å². The highest BCUT2D eigenvalue weighted by atomic mass is 79.9. The molecule has 0 spiro atoms. The number of hydrogen-bond donors (Lipinski definition) is 0. The fourth-order valence-electron chi connectivity index (χ4n) is 3.85. The summed E-state index contributed by atoms with van der Waals surface area (Å²) in [5.41, 5.74) is 1.99. The third kappa shape index (κ3) is 2.77. The van der Waals surface area contributed by atoms with Crippen molar-refractivity contribution in [3.05, 3.63) is 70.3 Å². The van der Waals surface area contributed by atoms with Crippen molar-refractivity contribution < 1.29 is 8.78 Å². The van der Waals surface area contributed by atoms with Crippen LogP contribution in [0.1, 0.15) is 24.4 Å². The summed E-state index contributed by atoms with van der Waals surface area (Å²) in [5.74, 6) is -0.0585. The van der Waals surface area contributed by atoms with Crippen LogP contribution in [0.5, 0.6) is 0 Å². The van der Waals surface area contributed by atoms with Gasteiger partial charge in [-0.2, -0.15) is 5.10 Å². The second-order valence-electron chi connectivity index (χ2n) is 6.73. The summed E-state index contributed by atoms with van der Waals surface area (Å²) in [7, 11) is 0. The minimum Gasteiger partial charge on any atom is -0.349 e. The molecular formula is C20H15BrF2N4. The van der Waals surface area contributed by atoms with Crippen LogP contribution < -0.4 is 4.90 Å². The molecule has 1 atom stereocenters. The van der Waals surface area contributed by atoms with E-state index in [1.807, 2.05) is 30.5 Å². The van der Waals surface area contributed by atoms with E-state index in [9.17, 15) is 8.78 Å². The predicted molar refractivity (Wildman–Crippen MR) is 104 cm³/mol. The van der Waals surface area contributed by atoms with Crippen LogP contribution in [0.25, 0.3) is 16.6 Å². The molecule has 0 radical (unpaired) electrons. The van der Waals surface area contributed by atoms with Crippen LogP contribution in [0, 0.1) is 11.6 Å². The van der Waals surface area contributed by atoms with E-state index < -0.39 is 5.82 Å². The van der Waals surface area contributed by atoms with Crippen molar-refractivity contribution in [2.45, 2.75) is 18.9 Å². The first-order chi connectivity index (χ1) is 13.1. The van der Waals surface area contributed by atoms with E-state index >= 15 is 0 Å². The Bertz CT molecular complexity index is 1170. The van der Waals surface area contributed by atoms with E-state index in [1.54, 1.807) is 4.52 Å². The molecule has 2 aromatic heterocycles. The first kappa shape index (κ1) is 16.6. The second-order valence-corrected chi connectivity index (χ2v) is 7.65. The van der Waals surface area contributed by atoms with Crippen molar-refractivity contribution >= 4 is 38.3 Å². The molecule has 0 bridgehead atoms. The smallest absolute Gasteiger partial charge is 0.165 e. The maximum Gasteiger partial charge on any atom is 0.165 e. The van der Waals surface area contributed by atoms with Crippen LogP contribution in [-0.2, 0) is 0 Å². The maximum atomic E-state index is 14.3. The van der Waals surface area contributed by atoms with Gasteiger partial charge < -0.3 is 4.90 Å².